The van der Waals surface area contributed by atoms with Crippen LogP contribution in [0.2, 0.25) is 0 Å². The zero-order chi connectivity index (χ0) is 21.2. The van der Waals surface area contributed by atoms with E-state index < -0.39 is 23.4 Å². The lowest BCUT2D eigenvalue weighted by Gasteiger charge is -2.23. The lowest BCUT2D eigenvalue weighted by Crippen LogP contribution is -2.42. The molecule has 2 N–H and O–H groups in total. The summed E-state index contributed by atoms with van der Waals surface area (Å²) < 4.78 is 5.25. The minimum Gasteiger partial charge on any atom is -0.496 e. The van der Waals surface area contributed by atoms with E-state index in [0.717, 1.165) is 22.4 Å². The molecule has 29 heavy (non-hydrogen) atoms. The predicted octanol–water partition coefficient (Wildman–Crippen LogP) is 2.97. The smallest absolute Gasteiger partial charge is 0.325 e. The number of rotatable bonds is 6. The molecule has 1 saturated heterocycles. The van der Waals surface area contributed by atoms with Crippen LogP contribution in [0.5, 0.6) is 5.75 Å². The molecule has 0 aromatic heterocycles. The van der Waals surface area contributed by atoms with Crippen LogP contribution in [-0.4, -0.2) is 36.4 Å². The number of amides is 4. The largest absolute Gasteiger partial charge is 0.496 e. The second-order valence-corrected chi connectivity index (χ2v) is 7.23. The molecular formula is C22H25N3O4. The lowest BCUT2D eigenvalue weighted by atomic mass is 9.90. The Labute approximate surface area is 170 Å². The molecule has 0 bridgehead atoms. The first-order valence-corrected chi connectivity index (χ1v) is 9.46. The summed E-state index contributed by atoms with van der Waals surface area (Å²) in [7, 11) is 1.57. The summed E-state index contributed by atoms with van der Waals surface area (Å²) in [6.45, 7) is 5.19. The average Bonchev–Trinajstić information content (AvgIpc) is 2.92. The van der Waals surface area contributed by atoms with Crippen molar-refractivity contribution in [1.82, 2.24) is 10.2 Å². The SMILES string of the molecule is CCc1ccc(NC(=O)CN2C(=O)NC(C)(c3ccc(OC)c(C)c3)C2=O)cc1. The van der Waals surface area contributed by atoms with Crippen LogP contribution in [0.1, 0.15) is 30.5 Å². The number of carbonyl (C=O) groups is 3. The summed E-state index contributed by atoms with van der Waals surface area (Å²) in [6.07, 6.45) is 0.903. The number of anilines is 1. The molecule has 1 unspecified atom stereocenters. The molecule has 1 aliphatic heterocycles. The molecule has 7 nitrogen and oxygen atoms in total. The Kier molecular flexibility index (Phi) is 5.59. The Morgan fingerprint density at radius 1 is 1.17 bits per heavy atom. The molecule has 0 spiro atoms. The van der Waals surface area contributed by atoms with E-state index in [2.05, 4.69) is 10.6 Å². The summed E-state index contributed by atoms with van der Waals surface area (Å²) in [5, 5.41) is 5.44. The molecule has 1 heterocycles. The van der Waals surface area contributed by atoms with E-state index in [9.17, 15) is 14.4 Å². The Balaban J connectivity index is 1.74. The standard InChI is InChI=1S/C22H25N3O4/c1-5-15-6-9-17(10-7-15)23-19(26)13-25-20(27)22(3,24-21(25)28)16-8-11-18(29-4)14(2)12-16/h6-12H,5,13H2,1-4H3,(H,23,26)(H,24,28). The summed E-state index contributed by atoms with van der Waals surface area (Å²) in [5.41, 5.74) is 2.01. The number of imide groups is 1. The molecule has 1 aliphatic rings. The molecule has 7 heteroatoms. The molecule has 0 radical (unpaired) electrons. The van der Waals surface area contributed by atoms with Gasteiger partial charge in [0.05, 0.1) is 7.11 Å². The number of benzene rings is 2. The van der Waals surface area contributed by atoms with Crippen LogP contribution in [0.4, 0.5) is 10.5 Å². The van der Waals surface area contributed by atoms with Gasteiger partial charge in [0.1, 0.15) is 17.8 Å². The van der Waals surface area contributed by atoms with Crippen molar-refractivity contribution in [2.75, 3.05) is 19.0 Å². The Morgan fingerprint density at radius 2 is 1.86 bits per heavy atom. The fourth-order valence-electron chi connectivity index (χ4n) is 3.39. The monoisotopic (exact) mass is 395 g/mol. The average molecular weight is 395 g/mol. The third-order valence-corrected chi connectivity index (χ3v) is 5.19. The van der Waals surface area contributed by atoms with Crippen LogP contribution in [0, 0.1) is 6.92 Å². The molecule has 1 atom stereocenters. The molecule has 2 aromatic carbocycles. The van der Waals surface area contributed by atoms with Crippen molar-refractivity contribution in [3.05, 3.63) is 59.2 Å². The van der Waals surface area contributed by atoms with E-state index in [4.69, 9.17) is 4.74 Å². The highest BCUT2D eigenvalue weighted by molar-refractivity contribution is 6.10. The van der Waals surface area contributed by atoms with Crippen molar-refractivity contribution in [3.63, 3.8) is 0 Å². The molecule has 0 aliphatic carbocycles. The fraction of sp³-hybridized carbons (Fsp3) is 0.318. The van der Waals surface area contributed by atoms with Gasteiger partial charge in [0, 0.05) is 5.69 Å². The molecule has 1 fully saturated rings. The first-order chi connectivity index (χ1) is 13.8. The van der Waals surface area contributed by atoms with E-state index in [1.807, 2.05) is 26.0 Å². The molecular weight excluding hydrogens is 370 g/mol. The van der Waals surface area contributed by atoms with Crippen LogP contribution in [0.25, 0.3) is 0 Å². The van der Waals surface area contributed by atoms with Gasteiger partial charge in [-0.25, -0.2) is 4.79 Å². The maximum atomic E-state index is 13.0. The number of urea groups is 1. The van der Waals surface area contributed by atoms with E-state index in [1.54, 1.807) is 44.4 Å². The number of carbonyl (C=O) groups excluding carboxylic acids is 3. The first-order valence-electron chi connectivity index (χ1n) is 9.46. The minimum absolute atomic E-state index is 0.356. The lowest BCUT2D eigenvalue weighted by molar-refractivity contribution is -0.133. The van der Waals surface area contributed by atoms with Gasteiger partial charge in [-0.1, -0.05) is 25.1 Å². The minimum atomic E-state index is -1.24. The number of hydrogen-bond donors (Lipinski definition) is 2. The van der Waals surface area contributed by atoms with E-state index in [0.29, 0.717) is 17.0 Å². The highest BCUT2D eigenvalue weighted by Crippen LogP contribution is 2.31. The van der Waals surface area contributed by atoms with Gasteiger partial charge >= 0.3 is 6.03 Å². The predicted molar refractivity (Wildman–Crippen MR) is 110 cm³/mol. The highest BCUT2D eigenvalue weighted by atomic mass is 16.5. The number of aryl methyl sites for hydroxylation is 2. The van der Waals surface area contributed by atoms with Crippen LogP contribution >= 0.6 is 0 Å². The van der Waals surface area contributed by atoms with Gasteiger partial charge in [-0.3, -0.25) is 14.5 Å². The third-order valence-electron chi connectivity index (χ3n) is 5.19. The maximum absolute atomic E-state index is 13.0. The molecule has 0 saturated carbocycles. The van der Waals surface area contributed by atoms with E-state index in [-0.39, 0.29) is 6.54 Å². The number of methoxy groups -OCH3 is 1. The number of nitrogens with one attached hydrogen (secondary N) is 2. The molecule has 3 rings (SSSR count). The first kappa shape index (κ1) is 20.4. The van der Waals surface area contributed by atoms with Gasteiger partial charge in [0.15, 0.2) is 0 Å². The van der Waals surface area contributed by atoms with Gasteiger partial charge in [0.2, 0.25) is 5.91 Å². The van der Waals surface area contributed by atoms with Crippen molar-refractivity contribution in [3.8, 4) is 5.75 Å². The fourth-order valence-corrected chi connectivity index (χ4v) is 3.39. The summed E-state index contributed by atoms with van der Waals surface area (Å²) in [4.78, 5) is 38.8. The van der Waals surface area contributed by atoms with Gasteiger partial charge in [0.25, 0.3) is 5.91 Å². The van der Waals surface area contributed by atoms with Crippen LogP contribution in [0.15, 0.2) is 42.5 Å². The van der Waals surface area contributed by atoms with Crippen LogP contribution in [-0.2, 0) is 21.5 Å². The third kappa shape index (κ3) is 3.94. The summed E-state index contributed by atoms with van der Waals surface area (Å²) in [6, 6.07) is 12.1. The summed E-state index contributed by atoms with van der Waals surface area (Å²) in [5.74, 6) is -0.212. The zero-order valence-corrected chi connectivity index (χ0v) is 17.0. The quantitative estimate of drug-likeness (QED) is 0.736. The Hall–Kier alpha value is -3.35. The van der Waals surface area contributed by atoms with Crippen molar-refractivity contribution < 1.29 is 19.1 Å². The number of hydrogen-bond acceptors (Lipinski definition) is 4. The second-order valence-electron chi connectivity index (χ2n) is 7.23. The normalized spacial score (nSPS) is 18.6. The molecule has 2 aromatic rings. The van der Waals surface area contributed by atoms with E-state index in [1.165, 1.54) is 0 Å². The highest BCUT2D eigenvalue weighted by Gasteiger charge is 2.49. The Bertz CT molecular complexity index is 955. The maximum Gasteiger partial charge on any atom is 0.325 e. The van der Waals surface area contributed by atoms with Crippen molar-refractivity contribution in [2.45, 2.75) is 32.7 Å². The number of nitrogens with zero attached hydrogens (tertiary/aromatic N) is 1. The summed E-state index contributed by atoms with van der Waals surface area (Å²) >= 11 is 0. The van der Waals surface area contributed by atoms with Crippen molar-refractivity contribution in [1.29, 1.82) is 0 Å². The van der Waals surface area contributed by atoms with Crippen molar-refractivity contribution in [2.24, 2.45) is 0 Å². The van der Waals surface area contributed by atoms with Gasteiger partial charge < -0.3 is 15.4 Å². The molecule has 152 valence electrons. The van der Waals surface area contributed by atoms with Gasteiger partial charge in [-0.05, 0) is 61.2 Å². The number of ether oxygens (including phenoxy) is 1. The van der Waals surface area contributed by atoms with Crippen LogP contribution in [0.3, 0.4) is 0 Å². The molecule has 4 amide bonds. The van der Waals surface area contributed by atoms with Crippen molar-refractivity contribution >= 4 is 23.5 Å². The Morgan fingerprint density at radius 3 is 2.45 bits per heavy atom. The second kappa shape index (κ2) is 7.95. The zero-order valence-electron chi connectivity index (χ0n) is 17.0. The van der Waals surface area contributed by atoms with Crippen LogP contribution < -0.4 is 15.4 Å². The van der Waals surface area contributed by atoms with Gasteiger partial charge in [-0.2, -0.15) is 0 Å². The topological polar surface area (TPSA) is 87.7 Å². The van der Waals surface area contributed by atoms with E-state index >= 15 is 0 Å². The van der Waals surface area contributed by atoms with Gasteiger partial charge in [-0.15, -0.1) is 0 Å².